The number of carbonyl (C=O) groups excluding carboxylic acids is 3. The third kappa shape index (κ3) is 9.73. The maximum absolute atomic E-state index is 13.4. The summed E-state index contributed by atoms with van der Waals surface area (Å²) in [5.41, 5.74) is -0.135. The van der Waals surface area contributed by atoms with Crippen LogP contribution in [0.1, 0.15) is 64.4 Å². The lowest BCUT2D eigenvalue weighted by atomic mass is 10.0. The Hall–Kier alpha value is -4.06. The lowest BCUT2D eigenvalue weighted by Gasteiger charge is -2.32. The first-order valence-corrected chi connectivity index (χ1v) is 14.8. The molecule has 44 heavy (non-hydrogen) atoms. The summed E-state index contributed by atoms with van der Waals surface area (Å²) < 4.78 is 39.7. The number of esters is 2. The molecule has 0 bridgehead atoms. The van der Waals surface area contributed by atoms with Crippen LogP contribution in [0.5, 0.6) is 23.0 Å². The van der Waals surface area contributed by atoms with Crippen LogP contribution in [0, 0.1) is 11.8 Å². The summed E-state index contributed by atoms with van der Waals surface area (Å²) in [5, 5.41) is 2.74. The number of ether oxygens (including phenoxy) is 7. The number of benzene rings is 1. The number of pyridine rings is 1. The standard InChI is InChI=1S/C32H44N2O10/c1-19(2)17-40-28-21(5)43-32(37)24(9-8-10-26(28)44-23-13-11-22(38-6)12-14-23)34-30(35)27-29(25(39-7)15-16-33-27)41-18-42-31(36)20(3)4/h11-16,19-21,24,26,28H,8-10,17-18H2,1-7H3,(H,34,35). The van der Waals surface area contributed by atoms with E-state index in [1.807, 2.05) is 38.1 Å². The first-order chi connectivity index (χ1) is 21.0. The maximum atomic E-state index is 13.4. The van der Waals surface area contributed by atoms with Crippen molar-refractivity contribution in [2.45, 2.75) is 78.2 Å². The molecule has 1 saturated heterocycles. The van der Waals surface area contributed by atoms with Crippen molar-refractivity contribution >= 4 is 17.8 Å². The molecule has 1 amide bonds. The summed E-state index contributed by atoms with van der Waals surface area (Å²) in [7, 11) is 3.00. The van der Waals surface area contributed by atoms with Crippen molar-refractivity contribution in [3.8, 4) is 23.0 Å². The van der Waals surface area contributed by atoms with Crippen molar-refractivity contribution in [3.05, 3.63) is 42.2 Å². The van der Waals surface area contributed by atoms with Gasteiger partial charge in [-0.05, 0) is 56.4 Å². The van der Waals surface area contributed by atoms with Gasteiger partial charge in [-0.25, -0.2) is 9.78 Å². The van der Waals surface area contributed by atoms with E-state index in [1.54, 1.807) is 27.9 Å². The van der Waals surface area contributed by atoms with Crippen molar-refractivity contribution in [3.63, 3.8) is 0 Å². The van der Waals surface area contributed by atoms with Gasteiger partial charge in [0.05, 0.1) is 20.1 Å². The average Bonchev–Trinajstić information content (AvgIpc) is 3.04. The zero-order valence-corrected chi connectivity index (χ0v) is 26.5. The zero-order chi connectivity index (χ0) is 32.2. The number of cyclic esters (lactones) is 1. The van der Waals surface area contributed by atoms with Gasteiger partial charge in [0.2, 0.25) is 6.79 Å². The first kappa shape index (κ1) is 34.4. The molecular formula is C32H44N2O10. The number of rotatable bonds is 13. The number of amides is 1. The number of nitrogens with zero attached hydrogens (tertiary/aromatic N) is 1. The molecule has 0 saturated carbocycles. The van der Waals surface area contributed by atoms with Crippen molar-refractivity contribution in [2.24, 2.45) is 11.8 Å². The SMILES string of the molecule is COc1ccc(OC2CCCC(NC(=O)c3nccc(OC)c3OCOC(=O)C(C)C)C(=O)OC(C)C2OCC(C)C)cc1. The fourth-order valence-electron chi connectivity index (χ4n) is 4.50. The van der Waals surface area contributed by atoms with Crippen LogP contribution in [-0.4, -0.2) is 74.8 Å². The van der Waals surface area contributed by atoms with Crippen LogP contribution >= 0.6 is 0 Å². The minimum Gasteiger partial charge on any atom is -0.497 e. The van der Waals surface area contributed by atoms with Gasteiger partial charge >= 0.3 is 11.9 Å². The summed E-state index contributed by atoms with van der Waals surface area (Å²) in [5.74, 6) is -0.337. The molecule has 1 aromatic carbocycles. The topological polar surface area (TPSA) is 141 Å². The first-order valence-electron chi connectivity index (χ1n) is 14.8. The molecule has 0 aliphatic carbocycles. The molecule has 1 fully saturated rings. The predicted octanol–water partition coefficient (Wildman–Crippen LogP) is 4.34. The highest BCUT2D eigenvalue weighted by Crippen LogP contribution is 2.30. The molecule has 0 spiro atoms. The van der Waals surface area contributed by atoms with Gasteiger partial charge in [0.1, 0.15) is 35.9 Å². The Morgan fingerprint density at radius 2 is 1.73 bits per heavy atom. The van der Waals surface area contributed by atoms with E-state index in [-0.39, 0.29) is 35.4 Å². The Morgan fingerprint density at radius 3 is 2.36 bits per heavy atom. The summed E-state index contributed by atoms with van der Waals surface area (Å²) >= 11 is 0. The molecule has 2 heterocycles. The molecule has 1 N–H and O–H groups in total. The highest BCUT2D eigenvalue weighted by molar-refractivity contribution is 5.98. The molecule has 12 heteroatoms. The van der Waals surface area contributed by atoms with Crippen LogP contribution in [0.15, 0.2) is 36.5 Å². The number of carbonyl (C=O) groups is 3. The van der Waals surface area contributed by atoms with Gasteiger partial charge in [0, 0.05) is 18.9 Å². The van der Waals surface area contributed by atoms with Crippen molar-refractivity contribution in [2.75, 3.05) is 27.6 Å². The molecule has 2 aromatic rings. The van der Waals surface area contributed by atoms with Gasteiger partial charge in [-0.3, -0.25) is 9.59 Å². The Balaban J connectivity index is 1.78. The van der Waals surface area contributed by atoms with Gasteiger partial charge in [0.25, 0.3) is 5.91 Å². The number of aromatic nitrogens is 1. The van der Waals surface area contributed by atoms with Gasteiger partial charge in [-0.1, -0.05) is 27.7 Å². The van der Waals surface area contributed by atoms with Crippen molar-refractivity contribution in [1.29, 1.82) is 0 Å². The van der Waals surface area contributed by atoms with Crippen molar-refractivity contribution < 1.29 is 47.5 Å². The van der Waals surface area contributed by atoms with Gasteiger partial charge < -0.3 is 38.5 Å². The molecule has 242 valence electrons. The number of nitrogens with one attached hydrogen (secondary N) is 1. The normalized spacial score (nSPS) is 20.5. The molecule has 1 aliphatic heterocycles. The van der Waals surface area contributed by atoms with E-state index in [4.69, 9.17) is 33.2 Å². The van der Waals surface area contributed by atoms with E-state index in [0.717, 1.165) is 0 Å². The highest BCUT2D eigenvalue weighted by Gasteiger charge is 2.37. The van der Waals surface area contributed by atoms with Crippen LogP contribution in [-0.2, 0) is 23.8 Å². The lowest BCUT2D eigenvalue weighted by molar-refractivity contribution is -0.163. The van der Waals surface area contributed by atoms with Gasteiger partial charge in [-0.15, -0.1) is 0 Å². The van der Waals surface area contributed by atoms with Crippen LogP contribution in [0.2, 0.25) is 0 Å². The van der Waals surface area contributed by atoms with E-state index in [2.05, 4.69) is 10.3 Å². The molecule has 3 rings (SSSR count). The summed E-state index contributed by atoms with van der Waals surface area (Å²) in [6, 6.07) is 7.78. The Morgan fingerprint density at radius 1 is 1.02 bits per heavy atom. The molecule has 0 radical (unpaired) electrons. The largest absolute Gasteiger partial charge is 0.497 e. The van der Waals surface area contributed by atoms with Crippen LogP contribution in [0.25, 0.3) is 0 Å². The second kappa shape index (κ2) is 16.7. The second-order valence-electron chi connectivity index (χ2n) is 11.2. The molecule has 4 unspecified atom stereocenters. The fraction of sp³-hybridized carbons (Fsp3) is 0.562. The van der Waals surface area contributed by atoms with E-state index >= 15 is 0 Å². The Labute approximate surface area is 258 Å². The van der Waals surface area contributed by atoms with E-state index in [9.17, 15) is 14.4 Å². The molecule has 1 aliphatic rings. The molecule has 4 atom stereocenters. The minimum atomic E-state index is -0.977. The summed E-state index contributed by atoms with van der Waals surface area (Å²) in [6.07, 6.45) is 1.07. The second-order valence-corrected chi connectivity index (χ2v) is 11.2. The molecule has 1 aromatic heterocycles. The number of hydrogen-bond donors (Lipinski definition) is 1. The third-order valence-corrected chi connectivity index (χ3v) is 6.85. The smallest absolute Gasteiger partial charge is 0.329 e. The van der Waals surface area contributed by atoms with Gasteiger partial charge in [0.15, 0.2) is 17.2 Å². The third-order valence-electron chi connectivity index (χ3n) is 6.85. The van der Waals surface area contributed by atoms with Crippen LogP contribution < -0.4 is 24.3 Å². The predicted molar refractivity (Wildman–Crippen MR) is 160 cm³/mol. The van der Waals surface area contributed by atoms with Crippen LogP contribution in [0.4, 0.5) is 0 Å². The lowest BCUT2D eigenvalue weighted by Crippen LogP contribution is -2.46. The minimum absolute atomic E-state index is 0.0241. The molecular weight excluding hydrogens is 572 g/mol. The van der Waals surface area contributed by atoms with Crippen LogP contribution in [0.3, 0.4) is 0 Å². The highest BCUT2D eigenvalue weighted by atomic mass is 16.7. The fourth-order valence-corrected chi connectivity index (χ4v) is 4.50. The van der Waals surface area contributed by atoms with E-state index in [0.29, 0.717) is 30.9 Å². The average molecular weight is 617 g/mol. The summed E-state index contributed by atoms with van der Waals surface area (Å²) in [6.45, 7) is 9.21. The number of hydrogen-bond acceptors (Lipinski definition) is 11. The number of methoxy groups -OCH3 is 2. The molecule has 12 nitrogen and oxygen atoms in total. The summed E-state index contributed by atoms with van der Waals surface area (Å²) in [4.78, 5) is 42.8. The Bertz CT molecular complexity index is 1230. The zero-order valence-electron chi connectivity index (χ0n) is 26.5. The Kier molecular flexibility index (Phi) is 13.1. The monoisotopic (exact) mass is 616 g/mol. The quantitative estimate of drug-likeness (QED) is 0.254. The van der Waals surface area contributed by atoms with E-state index in [1.165, 1.54) is 19.4 Å². The van der Waals surface area contributed by atoms with E-state index < -0.39 is 49.0 Å². The maximum Gasteiger partial charge on any atom is 0.329 e. The van der Waals surface area contributed by atoms with Crippen molar-refractivity contribution in [1.82, 2.24) is 10.3 Å². The van der Waals surface area contributed by atoms with Gasteiger partial charge in [-0.2, -0.15) is 0 Å².